The predicted molar refractivity (Wildman–Crippen MR) is 148 cm³/mol. The van der Waals surface area contributed by atoms with E-state index in [1.165, 1.54) is 39.0 Å². The minimum atomic E-state index is -4.81. The molecule has 1 aliphatic heterocycles. The number of sulfonamides is 2. The summed E-state index contributed by atoms with van der Waals surface area (Å²) in [5.41, 5.74) is -1.70. The number of nitrogens with one attached hydrogen (secondary N) is 1. The molecule has 0 unspecified atom stereocenters. The minimum Gasteiger partial charge on any atom is -0.486 e. The zero-order valence-corrected chi connectivity index (χ0v) is 25.5. The number of benzene rings is 2. The number of hydrogen-bond donors (Lipinski definition) is 1. The van der Waals surface area contributed by atoms with Crippen LogP contribution in [0.1, 0.15) is 59.1 Å². The number of amides is 1. The van der Waals surface area contributed by atoms with Crippen molar-refractivity contribution in [3.63, 3.8) is 0 Å². The molecule has 0 spiro atoms. The van der Waals surface area contributed by atoms with Crippen LogP contribution in [0.4, 0.5) is 18.9 Å². The van der Waals surface area contributed by atoms with Crippen molar-refractivity contribution in [1.82, 2.24) is 4.72 Å². The summed E-state index contributed by atoms with van der Waals surface area (Å²) in [5.74, 6) is -1.60. The molecule has 1 atom stereocenters. The lowest BCUT2D eigenvalue weighted by Crippen LogP contribution is -2.48. The van der Waals surface area contributed by atoms with Crippen molar-refractivity contribution in [3.05, 3.63) is 53.6 Å². The first-order valence-electron chi connectivity index (χ1n) is 12.8. The molecule has 0 saturated carbocycles. The van der Waals surface area contributed by atoms with Crippen molar-refractivity contribution < 1.29 is 49.1 Å². The zero-order chi connectivity index (χ0) is 31.9. The molecule has 0 aliphatic carbocycles. The van der Waals surface area contributed by atoms with Crippen molar-refractivity contribution in [2.24, 2.45) is 0 Å². The summed E-state index contributed by atoms with van der Waals surface area (Å²) in [7, 11) is -8.75. The normalized spacial score (nSPS) is 16.3. The molecule has 15 heteroatoms. The summed E-state index contributed by atoms with van der Waals surface area (Å²) in [4.78, 5) is 24.4. The van der Waals surface area contributed by atoms with Crippen LogP contribution in [0.3, 0.4) is 0 Å². The van der Waals surface area contributed by atoms with E-state index in [0.717, 1.165) is 22.5 Å². The molecule has 3 rings (SSSR count). The maximum absolute atomic E-state index is 13.8. The Labute approximate surface area is 243 Å². The second-order valence-electron chi connectivity index (χ2n) is 11.7. The van der Waals surface area contributed by atoms with E-state index in [9.17, 15) is 39.6 Å². The van der Waals surface area contributed by atoms with Crippen LogP contribution in [-0.4, -0.2) is 51.7 Å². The fourth-order valence-electron chi connectivity index (χ4n) is 3.86. The van der Waals surface area contributed by atoms with Gasteiger partial charge in [0.1, 0.15) is 17.5 Å². The van der Waals surface area contributed by atoms with E-state index in [-0.39, 0.29) is 17.9 Å². The van der Waals surface area contributed by atoms with Gasteiger partial charge in [-0.3, -0.25) is 18.6 Å². The minimum absolute atomic E-state index is 0.0405. The number of carbonyl (C=O) groups is 2. The van der Waals surface area contributed by atoms with Gasteiger partial charge in [0.05, 0.1) is 40.3 Å². The lowest BCUT2D eigenvalue weighted by Gasteiger charge is -2.35. The predicted octanol–water partition coefficient (Wildman–Crippen LogP) is 4.18. The van der Waals surface area contributed by atoms with Gasteiger partial charge in [-0.1, -0.05) is 12.1 Å². The lowest BCUT2D eigenvalue weighted by atomic mass is 10.1. The standard InChI is InChI=1S/C27H33F3N2O8S2/c1-25(2,3)40-24(34)13-17-10-11-22-21(12-17)32(41(35,36)20-9-7-8-18(14-20)27(28,29)30)16-19(39-22)15-23(33)31-42(37,38)26(4,5)6/h7-12,14,19H,13,15-16H2,1-6H3,(H,31,33)/t19-/m0/s1. The van der Waals surface area contributed by atoms with Crippen LogP contribution < -0.4 is 13.8 Å². The molecule has 0 saturated heterocycles. The number of ether oxygens (including phenoxy) is 2. The summed E-state index contributed by atoms with van der Waals surface area (Å²) in [6.45, 7) is 8.65. The molecule has 0 radical (unpaired) electrons. The van der Waals surface area contributed by atoms with E-state index < -0.39 is 78.0 Å². The highest BCUT2D eigenvalue weighted by Gasteiger charge is 2.39. The van der Waals surface area contributed by atoms with Crippen LogP contribution in [0.15, 0.2) is 47.4 Å². The SMILES string of the molecule is CC(C)(C)OC(=O)Cc1ccc2c(c1)N(S(=O)(=O)c1cccc(C(F)(F)F)c1)C[C@H](CC(=O)NS(=O)(=O)C(C)(C)C)O2. The van der Waals surface area contributed by atoms with Crippen molar-refractivity contribution in [3.8, 4) is 5.75 Å². The Kier molecular flexibility index (Phi) is 9.00. The van der Waals surface area contributed by atoms with Crippen LogP contribution in [0.25, 0.3) is 0 Å². The van der Waals surface area contributed by atoms with Gasteiger partial charge in [0.2, 0.25) is 15.9 Å². The second kappa shape index (κ2) is 11.4. The van der Waals surface area contributed by atoms with Gasteiger partial charge >= 0.3 is 12.1 Å². The van der Waals surface area contributed by atoms with E-state index in [1.807, 2.05) is 4.72 Å². The molecule has 0 aromatic heterocycles. The Bertz CT molecular complexity index is 1580. The smallest absolute Gasteiger partial charge is 0.416 e. The Balaban J connectivity index is 2.02. The highest BCUT2D eigenvalue weighted by atomic mass is 32.2. The fraction of sp³-hybridized carbons (Fsp3) is 0.481. The van der Waals surface area contributed by atoms with Gasteiger partial charge in [-0.2, -0.15) is 13.2 Å². The summed E-state index contributed by atoms with van der Waals surface area (Å²) < 4.78 is 105. The number of halogens is 3. The molecule has 10 nitrogen and oxygen atoms in total. The Morgan fingerprint density at radius 2 is 1.64 bits per heavy atom. The Morgan fingerprint density at radius 3 is 2.21 bits per heavy atom. The molecular weight excluding hydrogens is 601 g/mol. The molecule has 1 N–H and O–H groups in total. The summed E-state index contributed by atoms with van der Waals surface area (Å²) in [5, 5.41) is 0. The van der Waals surface area contributed by atoms with Crippen LogP contribution in [0.2, 0.25) is 0 Å². The molecular formula is C27H33F3N2O8S2. The number of hydrogen-bond acceptors (Lipinski definition) is 8. The van der Waals surface area contributed by atoms with Gasteiger partial charge in [0.15, 0.2) is 0 Å². The third-order valence-corrected chi connectivity index (χ3v) is 9.82. The van der Waals surface area contributed by atoms with Crippen LogP contribution in [-0.2, 0) is 47.0 Å². The van der Waals surface area contributed by atoms with Crippen LogP contribution in [0.5, 0.6) is 5.75 Å². The van der Waals surface area contributed by atoms with E-state index in [4.69, 9.17) is 9.47 Å². The van der Waals surface area contributed by atoms with Gasteiger partial charge in [-0.15, -0.1) is 0 Å². The number of carbonyl (C=O) groups excluding carboxylic acids is 2. The lowest BCUT2D eigenvalue weighted by molar-refractivity contribution is -0.154. The number of anilines is 1. The molecule has 1 aliphatic rings. The van der Waals surface area contributed by atoms with Crippen molar-refractivity contribution >= 4 is 37.6 Å². The molecule has 42 heavy (non-hydrogen) atoms. The molecule has 2 aromatic rings. The van der Waals surface area contributed by atoms with E-state index in [1.54, 1.807) is 20.8 Å². The summed E-state index contributed by atoms with van der Waals surface area (Å²) in [6.07, 6.45) is -6.83. The number of alkyl halides is 3. The number of esters is 1. The van der Waals surface area contributed by atoms with E-state index in [2.05, 4.69) is 0 Å². The molecule has 0 fully saturated rings. The van der Waals surface area contributed by atoms with Gasteiger partial charge in [-0.25, -0.2) is 16.8 Å². The molecule has 2 aromatic carbocycles. The largest absolute Gasteiger partial charge is 0.486 e. The van der Waals surface area contributed by atoms with Gasteiger partial charge < -0.3 is 9.47 Å². The van der Waals surface area contributed by atoms with Crippen LogP contribution >= 0.6 is 0 Å². The highest BCUT2D eigenvalue weighted by molar-refractivity contribution is 7.93. The molecule has 0 bridgehead atoms. The number of fused-ring (bicyclic) bond motifs is 1. The van der Waals surface area contributed by atoms with Gasteiger partial charge in [0, 0.05) is 0 Å². The fourth-order valence-corrected chi connectivity index (χ4v) is 6.09. The maximum atomic E-state index is 13.8. The van der Waals surface area contributed by atoms with E-state index >= 15 is 0 Å². The third kappa shape index (κ3) is 7.94. The number of nitrogens with zero attached hydrogens (tertiary/aromatic N) is 1. The monoisotopic (exact) mass is 634 g/mol. The Hall–Kier alpha value is -3.33. The highest BCUT2D eigenvalue weighted by Crippen LogP contribution is 2.39. The first-order valence-corrected chi connectivity index (χ1v) is 15.7. The molecule has 232 valence electrons. The number of rotatable bonds is 7. The van der Waals surface area contributed by atoms with Crippen molar-refractivity contribution in [2.45, 2.75) is 81.9 Å². The third-order valence-electron chi connectivity index (χ3n) is 5.94. The van der Waals surface area contributed by atoms with Crippen molar-refractivity contribution in [1.29, 1.82) is 0 Å². The van der Waals surface area contributed by atoms with E-state index in [0.29, 0.717) is 11.6 Å². The first-order chi connectivity index (χ1) is 19.0. The van der Waals surface area contributed by atoms with Gasteiger partial charge in [0.25, 0.3) is 10.0 Å². The summed E-state index contributed by atoms with van der Waals surface area (Å²) in [6, 6.07) is 7.36. The maximum Gasteiger partial charge on any atom is 0.416 e. The molecule has 1 amide bonds. The Morgan fingerprint density at radius 1 is 1.00 bits per heavy atom. The molecule has 1 heterocycles. The average molecular weight is 635 g/mol. The quantitative estimate of drug-likeness (QED) is 0.448. The van der Waals surface area contributed by atoms with Crippen molar-refractivity contribution in [2.75, 3.05) is 10.8 Å². The first kappa shape index (κ1) is 33.2. The van der Waals surface area contributed by atoms with Crippen LogP contribution in [0, 0.1) is 0 Å². The topological polar surface area (TPSA) is 136 Å². The average Bonchev–Trinajstić information content (AvgIpc) is 2.81. The van der Waals surface area contributed by atoms with Gasteiger partial charge in [-0.05, 0) is 77.4 Å². The zero-order valence-electron chi connectivity index (χ0n) is 23.9. The summed E-state index contributed by atoms with van der Waals surface area (Å²) >= 11 is 0. The second-order valence-corrected chi connectivity index (χ2v) is 16.0.